The van der Waals surface area contributed by atoms with Crippen LogP contribution >= 0.6 is 11.6 Å². The van der Waals surface area contributed by atoms with E-state index >= 15 is 0 Å². The normalized spacial score (nSPS) is 11.2. The molecule has 0 bridgehead atoms. The number of hydrogen-bond acceptors (Lipinski definition) is 3. The Bertz CT molecular complexity index is 400. The molecule has 0 atom stereocenters. The number of methoxy groups -OCH3 is 2. The first-order chi connectivity index (χ1) is 8.37. The van der Waals surface area contributed by atoms with E-state index in [1.54, 1.807) is 20.3 Å². The third-order valence-corrected chi connectivity index (χ3v) is 2.96. The molecule has 0 unspecified atom stereocenters. The van der Waals surface area contributed by atoms with E-state index < -0.39 is 0 Å². The number of benzene rings is 1. The number of halogens is 1. The molecule has 3 nitrogen and oxygen atoms in total. The van der Waals surface area contributed by atoms with Crippen LogP contribution in [0.2, 0.25) is 5.02 Å². The van der Waals surface area contributed by atoms with Crippen molar-refractivity contribution in [3.05, 3.63) is 17.2 Å². The lowest BCUT2D eigenvalue weighted by atomic mass is 9.92. The second kappa shape index (κ2) is 6.19. The molecule has 0 aliphatic carbocycles. The molecule has 1 aromatic rings. The highest BCUT2D eigenvalue weighted by Crippen LogP contribution is 2.36. The second-order valence-corrected chi connectivity index (χ2v) is 5.83. The molecule has 0 aliphatic rings. The summed E-state index contributed by atoms with van der Waals surface area (Å²) in [5, 5.41) is 3.93. The van der Waals surface area contributed by atoms with Gasteiger partial charge >= 0.3 is 0 Å². The highest BCUT2D eigenvalue weighted by molar-refractivity contribution is 6.32. The van der Waals surface area contributed by atoms with Crippen LogP contribution in [0.1, 0.15) is 27.2 Å². The molecule has 0 aromatic heterocycles. The van der Waals surface area contributed by atoms with Crippen molar-refractivity contribution < 1.29 is 9.47 Å². The maximum Gasteiger partial charge on any atom is 0.145 e. The maximum absolute atomic E-state index is 6.11. The SMILES string of the molecule is COc1cc(OC)c(NCCC(C)(C)C)cc1Cl. The van der Waals surface area contributed by atoms with Crippen molar-refractivity contribution in [2.45, 2.75) is 27.2 Å². The van der Waals surface area contributed by atoms with Crippen molar-refractivity contribution in [3.8, 4) is 11.5 Å². The summed E-state index contributed by atoms with van der Waals surface area (Å²) in [6, 6.07) is 3.63. The Morgan fingerprint density at radius 3 is 2.22 bits per heavy atom. The van der Waals surface area contributed by atoms with Gasteiger partial charge in [-0.2, -0.15) is 0 Å². The Hall–Kier alpha value is -1.09. The highest BCUT2D eigenvalue weighted by atomic mass is 35.5. The molecular weight excluding hydrogens is 250 g/mol. The summed E-state index contributed by atoms with van der Waals surface area (Å²) in [6.07, 6.45) is 1.07. The Morgan fingerprint density at radius 2 is 1.72 bits per heavy atom. The summed E-state index contributed by atoms with van der Waals surface area (Å²) < 4.78 is 10.5. The van der Waals surface area contributed by atoms with Gasteiger partial charge in [-0.3, -0.25) is 0 Å². The van der Waals surface area contributed by atoms with Gasteiger partial charge in [0, 0.05) is 12.6 Å². The first-order valence-corrected chi connectivity index (χ1v) is 6.40. The fraction of sp³-hybridized carbons (Fsp3) is 0.571. The maximum atomic E-state index is 6.11. The highest BCUT2D eigenvalue weighted by Gasteiger charge is 2.12. The molecule has 18 heavy (non-hydrogen) atoms. The van der Waals surface area contributed by atoms with Crippen LogP contribution in [0.15, 0.2) is 12.1 Å². The van der Waals surface area contributed by atoms with Gasteiger partial charge in [0.05, 0.1) is 24.9 Å². The predicted molar refractivity (Wildman–Crippen MR) is 77.1 cm³/mol. The first kappa shape index (κ1) is 15.0. The van der Waals surface area contributed by atoms with E-state index in [0.717, 1.165) is 24.4 Å². The third kappa shape index (κ3) is 4.30. The van der Waals surface area contributed by atoms with Gasteiger partial charge in [0.1, 0.15) is 11.5 Å². The van der Waals surface area contributed by atoms with Crippen LogP contribution in [0, 0.1) is 5.41 Å². The Kier molecular flexibility index (Phi) is 5.15. The van der Waals surface area contributed by atoms with Crippen LogP contribution < -0.4 is 14.8 Å². The lowest BCUT2D eigenvalue weighted by molar-refractivity contribution is 0.386. The molecule has 1 aromatic carbocycles. The van der Waals surface area contributed by atoms with Crippen molar-refractivity contribution in [1.82, 2.24) is 0 Å². The van der Waals surface area contributed by atoms with Crippen LogP contribution in [0.5, 0.6) is 11.5 Å². The molecule has 1 N–H and O–H groups in total. The summed E-state index contributed by atoms with van der Waals surface area (Å²) in [6.45, 7) is 7.52. The molecule has 0 radical (unpaired) electrons. The minimum Gasteiger partial charge on any atom is -0.495 e. The number of ether oxygens (including phenoxy) is 2. The minimum atomic E-state index is 0.302. The van der Waals surface area contributed by atoms with Crippen LogP contribution in [-0.2, 0) is 0 Å². The van der Waals surface area contributed by atoms with E-state index in [9.17, 15) is 0 Å². The van der Waals surface area contributed by atoms with Crippen LogP contribution in [0.25, 0.3) is 0 Å². The molecular formula is C14H22ClNO2. The zero-order valence-corrected chi connectivity index (χ0v) is 12.5. The largest absolute Gasteiger partial charge is 0.495 e. The van der Waals surface area contributed by atoms with Crippen molar-refractivity contribution in [2.75, 3.05) is 26.1 Å². The van der Waals surface area contributed by atoms with Gasteiger partial charge in [0.25, 0.3) is 0 Å². The van der Waals surface area contributed by atoms with Gasteiger partial charge in [0.2, 0.25) is 0 Å². The Balaban J connectivity index is 2.79. The van der Waals surface area contributed by atoms with Gasteiger partial charge in [-0.15, -0.1) is 0 Å². The average molecular weight is 272 g/mol. The van der Waals surface area contributed by atoms with Crippen molar-refractivity contribution in [3.63, 3.8) is 0 Å². The summed E-state index contributed by atoms with van der Waals surface area (Å²) in [5.74, 6) is 1.36. The molecule has 0 amide bonds. The first-order valence-electron chi connectivity index (χ1n) is 6.03. The second-order valence-electron chi connectivity index (χ2n) is 5.42. The van der Waals surface area contributed by atoms with E-state index in [1.807, 2.05) is 6.07 Å². The molecule has 0 saturated heterocycles. The smallest absolute Gasteiger partial charge is 0.145 e. The molecule has 1 rings (SSSR count). The van der Waals surface area contributed by atoms with Crippen molar-refractivity contribution in [1.29, 1.82) is 0 Å². The van der Waals surface area contributed by atoms with Gasteiger partial charge < -0.3 is 14.8 Å². The monoisotopic (exact) mass is 271 g/mol. The molecule has 4 heteroatoms. The fourth-order valence-electron chi connectivity index (χ4n) is 1.57. The summed E-state index contributed by atoms with van der Waals surface area (Å²) >= 11 is 6.11. The van der Waals surface area contributed by atoms with Crippen LogP contribution in [0.3, 0.4) is 0 Å². The third-order valence-electron chi connectivity index (χ3n) is 2.66. The molecule has 0 spiro atoms. The van der Waals surface area contributed by atoms with Gasteiger partial charge in [0.15, 0.2) is 0 Å². The molecule has 102 valence electrons. The van der Waals surface area contributed by atoms with Crippen LogP contribution in [0.4, 0.5) is 5.69 Å². The minimum absolute atomic E-state index is 0.302. The van der Waals surface area contributed by atoms with Crippen molar-refractivity contribution >= 4 is 17.3 Å². The van der Waals surface area contributed by atoms with Gasteiger partial charge in [-0.05, 0) is 17.9 Å². The number of nitrogens with one attached hydrogen (secondary N) is 1. The lowest BCUT2D eigenvalue weighted by Crippen LogP contribution is -2.13. The average Bonchev–Trinajstić information content (AvgIpc) is 2.27. The summed E-state index contributed by atoms with van der Waals surface area (Å²) in [7, 11) is 3.23. The zero-order chi connectivity index (χ0) is 13.8. The zero-order valence-electron chi connectivity index (χ0n) is 11.8. The predicted octanol–water partition coefficient (Wildman–Crippen LogP) is 4.21. The Morgan fingerprint density at radius 1 is 1.11 bits per heavy atom. The van der Waals surface area contributed by atoms with E-state index in [0.29, 0.717) is 16.2 Å². The van der Waals surface area contributed by atoms with E-state index in [1.165, 1.54) is 0 Å². The van der Waals surface area contributed by atoms with E-state index in [2.05, 4.69) is 26.1 Å². The summed E-state index contributed by atoms with van der Waals surface area (Å²) in [5.41, 5.74) is 1.20. The number of hydrogen-bond donors (Lipinski definition) is 1. The fourth-order valence-corrected chi connectivity index (χ4v) is 1.81. The molecule has 0 saturated carbocycles. The van der Waals surface area contributed by atoms with Gasteiger partial charge in [-0.1, -0.05) is 32.4 Å². The standard InChI is InChI=1S/C14H22ClNO2/c1-14(2,3)6-7-16-11-8-10(15)12(17-4)9-13(11)18-5/h8-9,16H,6-7H2,1-5H3. The number of rotatable bonds is 5. The lowest BCUT2D eigenvalue weighted by Gasteiger charge is -2.19. The molecule has 0 heterocycles. The summed E-state index contributed by atoms with van der Waals surface area (Å²) in [4.78, 5) is 0. The number of anilines is 1. The Labute approximate surface area is 114 Å². The van der Waals surface area contributed by atoms with Crippen molar-refractivity contribution in [2.24, 2.45) is 5.41 Å². The molecule has 0 aliphatic heterocycles. The van der Waals surface area contributed by atoms with E-state index in [4.69, 9.17) is 21.1 Å². The topological polar surface area (TPSA) is 30.5 Å². The van der Waals surface area contributed by atoms with Gasteiger partial charge in [-0.25, -0.2) is 0 Å². The van der Waals surface area contributed by atoms with E-state index in [-0.39, 0.29) is 0 Å². The van der Waals surface area contributed by atoms with Crippen LogP contribution in [-0.4, -0.2) is 20.8 Å². The quantitative estimate of drug-likeness (QED) is 0.870. The molecule has 0 fully saturated rings.